The number of nitrogens with one attached hydrogen (secondary N) is 2. The van der Waals surface area contributed by atoms with Gasteiger partial charge in [0.2, 0.25) is 0 Å². The average molecular weight is 378 g/mol. The fourth-order valence-electron chi connectivity index (χ4n) is 1.79. The Morgan fingerprint density at radius 3 is 2.95 bits per heavy atom. The third-order valence-corrected chi connectivity index (χ3v) is 5.13. The molecule has 0 aliphatic rings. The molecule has 108 valence electrons. The van der Waals surface area contributed by atoms with Gasteiger partial charge in [-0.1, -0.05) is 24.9 Å². The molecule has 0 saturated heterocycles. The topological polar surface area (TPSA) is 62.0 Å². The number of carbonyl (C=O) groups is 1. The maximum Gasteiger partial charge on any atom is 0.265 e. The SMILES string of the molecule is CCCCS(=O)NC(=O)c1c[nH]c2cc(Cl)c(Br)cc12. The summed E-state index contributed by atoms with van der Waals surface area (Å²) in [6.07, 6.45) is 3.36. The molecule has 0 bridgehead atoms. The molecule has 4 nitrogen and oxygen atoms in total. The number of hydrogen-bond donors (Lipinski definition) is 2. The van der Waals surface area contributed by atoms with Crippen LogP contribution in [0.5, 0.6) is 0 Å². The van der Waals surface area contributed by atoms with E-state index in [0.29, 0.717) is 20.8 Å². The number of benzene rings is 1. The summed E-state index contributed by atoms with van der Waals surface area (Å²) in [5.41, 5.74) is 1.23. The second kappa shape index (κ2) is 6.74. The highest BCUT2D eigenvalue weighted by Crippen LogP contribution is 2.29. The van der Waals surface area contributed by atoms with Gasteiger partial charge in [0.25, 0.3) is 5.91 Å². The lowest BCUT2D eigenvalue weighted by Crippen LogP contribution is -2.27. The number of amides is 1. The van der Waals surface area contributed by atoms with Crippen molar-refractivity contribution >= 4 is 55.3 Å². The summed E-state index contributed by atoms with van der Waals surface area (Å²) in [5.74, 6) is 0.125. The third kappa shape index (κ3) is 3.42. The zero-order chi connectivity index (χ0) is 14.7. The van der Waals surface area contributed by atoms with Gasteiger partial charge in [-0.3, -0.25) is 9.52 Å². The molecular formula is C13H14BrClN2O2S. The van der Waals surface area contributed by atoms with Gasteiger partial charge in [0, 0.05) is 27.3 Å². The number of unbranched alkanes of at least 4 members (excludes halogenated alkanes) is 1. The lowest BCUT2D eigenvalue weighted by atomic mass is 10.2. The molecule has 0 spiro atoms. The number of halogens is 2. The molecule has 1 aromatic heterocycles. The minimum absolute atomic E-state index is 0.347. The van der Waals surface area contributed by atoms with Gasteiger partial charge in [-0.05, 0) is 34.5 Å². The first kappa shape index (κ1) is 15.5. The first-order valence-electron chi connectivity index (χ1n) is 6.18. The Morgan fingerprint density at radius 2 is 2.25 bits per heavy atom. The van der Waals surface area contributed by atoms with E-state index in [-0.39, 0.29) is 5.91 Å². The maximum atomic E-state index is 12.1. The fraction of sp³-hybridized carbons (Fsp3) is 0.308. The van der Waals surface area contributed by atoms with Crippen LogP contribution in [0.2, 0.25) is 5.02 Å². The Kier molecular flexibility index (Phi) is 5.23. The van der Waals surface area contributed by atoms with Gasteiger partial charge in [-0.15, -0.1) is 0 Å². The van der Waals surface area contributed by atoms with Crippen molar-refractivity contribution in [2.45, 2.75) is 19.8 Å². The molecule has 1 unspecified atom stereocenters. The summed E-state index contributed by atoms with van der Waals surface area (Å²) < 4.78 is 14.9. The van der Waals surface area contributed by atoms with Gasteiger partial charge in [-0.25, -0.2) is 4.21 Å². The zero-order valence-electron chi connectivity index (χ0n) is 10.8. The van der Waals surface area contributed by atoms with E-state index < -0.39 is 11.0 Å². The fourth-order valence-corrected chi connectivity index (χ4v) is 3.27. The summed E-state index contributed by atoms with van der Waals surface area (Å²) in [6.45, 7) is 2.01. The van der Waals surface area contributed by atoms with Crippen molar-refractivity contribution < 1.29 is 9.00 Å². The zero-order valence-corrected chi connectivity index (χ0v) is 14.0. The Bertz CT molecular complexity index is 672. The van der Waals surface area contributed by atoms with Gasteiger partial charge in [-0.2, -0.15) is 0 Å². The normalized spacial score (nSPS) is 12.6. The van der Waals surface area contributed by atoms with Gasteiger partial charge in [0.1, 0.15) is 11.0 Å². The molecule has 1 aromatic carbocycles. The number of aromatic amines is 1. The molecule has 0 aliphatic heterocycles. The van der Waals surface area contributed by atoms with E-state index in [2.05, 4.69) is 25.6 Å². The van der Waals surface area contributed by atoms with Gasteiger partial charge >= 0.3 is 0 Å². The van der Waals surface area contributed by atoms with Crippen molar-refractivity contribution in [3.8, 4) is 0 Å². The van der Waals surface area contributed by atoms with Crippen LogP contribution in [-0.4, -0.2) is 20.9 Å². The minimum atomic E-state index is -1.34. The van der Waals surface area contributed by atoms with E-state index in [4.69, 9.17) is 11.6 Å². The van der Waals surface area contributed by atoms with Gasteiger partial charge in [0.05, 0.1) is 10.6 Å². The molecule has 7 heteroatoms. The Balaban J connectivity index is 2.22. The van der Waals surface area contributed by atoms with E-state index in [0.717, 1.165) is 23.7 Å². The van der Waals surface area contributed by atoms with Crippen molar-refractivity contribution in [1.29, 1.82) is 0 Å². The molecule has 2 aromatic rings. The van der Waals surface area contributed by atoms with Crippen LogP contribution in [0.15, 0.2) is 22.8 Å². The number of carbonyl (C=O) groups excluding carboxylic acids is 1. The van der Waals surface area contributed by atoms with Gasteiger partial charge in [0.15, 0.2) is 0 Å². The molecule has 1 atom stereocenters. The van der Waals surface area contributed by atoms with Crippen molar-refractivity contribution in [2.75, 3.05) is 5.75 Å². The first-order chi connectivity index (χ1) is 9.52. The molecule has 0 aliphatic carbocycles. The quantitative estimate of drug-likeness (QED) is 0.833. The third-order valence-electron chi connectivity index (χ3n) is 2.86. The summed E-state index contributed by atoms with van der Waals surface area (Å²) in [5, 5.41) is 1.31. The van der Waals surface area contributed by atoms with Crippen LogP contribution in [0.1, 0.15) is 30.1 Å². The van der Waals surface area contributed by atoms with E-state index in [1.807, 2.05) is 6.92 Å². The Labute approximate surface area is 133 Å². The maximum absolute atomic E-state index is 12.1. The molecule has 0 fully saturated rings. The molecule has 2 N–H and O–H groups in total. The highest BCUT2D eigenvalue weighted by Gasteiger charge is 2.15. The summed E-state index contributed by atoms with van der Waals surface area (Å²) in [4.78, 5) is 15.1. The van der Waals surface area contributed by atoms with E-state index in [1.165, 1.54) is 0 Å². The van der Waals surface area contributed by atoms with Crippen molar-refractivity contribution in [2.24, 2.45) is 0 Å². The lowest BCUT2D eigenvalue weighted by Gasteiger charge is -2.04. The predicted octanol–water partition coefficient (Wildman–Crippen LogP) is 3.78. The Hall–Kier alpha value is -0.850. The largest absolute Gasteiger partial charge is 0.360 e. The first-order valence-corrected chi connectivity index (χ1v) is 8.67. The summed E-state index contributed by atoms with van der Waals surface area (Å²) in [7, 11) is -1.34. The highest BCUT2D eigenvalue weighted by atomic mass is 79.9. The molecule has 2 rings (SSSR count). The van der Waals surface area contributed by atoms with Crippen LogP contribution < -0.4 is 4.72 Å². The van der Waals surface area contributed by atoms with Crippen molar-refractivity contribution in [1.82, 2.24) is 9.71 Å². The summed E-state index contributed by atoms with van der Waals surface area (Å²) in [6, 6.07) is 3.52. The van der Waals surface area contributed by atoms with E-state index >= 15 is 0 Å². The lowest BCUT2D eigenvalue weighted by molar-refractivity contribution is 0.0984. The van der Waals surface area contributed by atoms with Crippen LogP contribution in [0.4, 0.5) is 0 Å². The number of fused-ring (bicyclic) bond motifs is 1. The molecule has 20 heavy (non-hydrogen) atoms. The van der Waals surface area contributed by atoms with Gasteiger partial charge < -0.3 is 4.98 Å². The van der Waals surface area contributed by atoms with Crippen molar-refractivity contribution in [3.05, 3.63) is 33.4 Å². The number of rotatable bonds is 5. The highest BCUT2D eigenvalue weighted by molar-refractivity contribution is 9.10. The standard InChI is InChI=1S/C13H14BrClN2O2S/c1-2-3-4-20(19)17-13(18)9-7-16-12-6-11(15)10(14)5-8(9)12/h5-7,16H,2-4H2,1H3,(H,17,18). The molecule has 1 amide bonds. The number of aromatic nitrogens is 1. The van der Waals surface area contributed by atoms with Crippen molar-refractivity contribution in [3.63, 3.8) is 0 Å². The van der Waals surface area contributed by atoms with Crippen LogP contribution in [-0.2, 0) is 11.0 Å². The summed E-state index contributed by atoms with van der Waals surface area (Å²) >= 11 is 9.33. The molecule has 0 saturated carbocycles. The smallest absolute Gasteiger partial charge is 0.265 e. The van der Waals surface area contributed by atoms with Crippen LogP contribution in [0, 0.1) is 0 Å². The number of hydrogen-bond acceptors (Lipinski definition) is 2. The second-order valence-electron chi connectivity index (χ2n) is 4.35. The number of H-pyrrole nitrogens is 1. The second-order valence-corrected chi connectivity index (χ2v) is 6.91. The Morgan fingerprint density at radius 1 is 1.50 bits per heavy atom. The minimum Gasteiger partial charge on any atom is -0.360 e. The van der Waals surface area contributed by atoms with Crippen LogP contribution in [0.3, 0.4) is 0 Å². The monoisotopic (exact) mass is 376 g/mol. The molecular weight excluding hydrogens is 364 g/mol. The molecule has 1 heterocycles. The average Bonchev–Trinajstić information content (AvgIpc) is 2.79. The molecule has 0 radical (unpaired) electrons. The predicted molar refractivity (Wildman–Crippen MR) is 86.4 cm³/mol. The van der Waals surface area contributed by atoms with E-state index in [9.17, 15) is 9.00 Å². The van der Waals surface area contributed by atoms with Crippen LogP contribution in [0.25, 0.3) is 10.9 Å². The van der Waals surface area contributed by atoms with Crippen LogP contribution >= 0.6 is 27.5 Å². The van der Waals surface area contributed by atoms with E-state index in [1.54, 1.807) is 18.3 Å².